The predicted molar refractivity (Wildman–Crippen MR) is 95.7 cm³/mol. The summed E-state index contributed by atoms with van der Waals surface area (Å²) in [4.78, 5) is 8.66. The Morgan fingerprint density at radius 3 is 2.70 bits per heavy atom. The third kappa shape index (κ3) is 3.62. The normalized spacial score (nSPS) is 13.5. The summed E-state index contributed by atoms with van der Waals surface area (Å²) in [5, 5.41) is 4.12. The van der Waals surface area contributed by atoms with E-state index >= 15 is 0 Å². The Morgan fingerprint density at radius 1 is 1.15 bits per heavy atom. The number of aryl methyl sites for hydroxylation is 1. The molecule has 140 valence electrons. The fraction of sp³-hybridized carbons (Fsp3) is 0.235. The van der Waals surface area contributed by atoms with Gasteiger partial charge < -0.3 is 9.47 Å². The van der Waals surface area contributed by atoms with Gasteiger partial charge in [-0.05, 0) is 12.1 Å². The molecule has 0 radical (unpaired) electrons. The van der Waals surface area contributed by atoms with Gasteiger partial charge in [0.05, 0.1) is 29.0 Å². The van der Waals surface area contributed by atoms with Crippen molar-refractivity contribution in [3.63, 3.8) is 0 Å². The number of hydrogen-bond acceptors (Lipinski definition) is 7. The van der Waals surface area contributed by atoms with Crippen LogP contribution in [0.5, 0.6) is 11.5 Å². The Labute approximate surface area is 156 Å². The molecule has 0 aliphatic carbocycles. The van der Waals surface area contributed by atoms with Gasteiger partial charge in [0.15, 0.2) is 11.5 Å². The van der Waals surface area contributed by atoms with Crippen molar-refractivity contribution in [2.24, 2.45) is 7.05 Å². The maximum absolute atomic E-state index is 12.7. The maximum Gasteiger partial charge on any atom is 0.241 e. The van der Waals surface area contributed by atoms with Crippen LogP contribution in [0.2, 0.25) is 0 Å². The monoisotopic (exact) mass is 387 g/mol. The average Bonchev–Trinajstić information content (AvgIpc) is 3.12. The van der Waals surface area contributed by atoms with Gasteiger partial charge in [-0.2, -0.15) is 5.10 Å². The average molecular weight is 387 g/mol. The predicted octanol–water partition coefficient (Wildman–Crippen LogP) is 1.13. The van der Waals surface area contributed by atoms with Crippen molar-refractivity contribution in [3.05, 3.63) is 48.7 Å². The molecule has 1 aliphatic heterocycles. The molecule has 0 bridgehead atoms. The van der Waals surface area contributed by atoms with Crippen molar-refractivity contribution in [1.29, 1.82) is 0 Å². The molecule has 9 nitrogen and oxygen atoms in total. The number of aromatic nitrogens is 4. The summed E-state index contributed by atoms with van der Waals surface area (Å²) in [6.07, 6.45) is 6.53. The van der Waals surface area contributed by atoms with Crippen molar-refractivity contribution in [2.75, 3.05) is 13.2 Å². The molecular formula is C17H17N5O4S. The number of hydrogen-bond donors (Lipinski definition) is 1. The van der Waals surface area contributed by atoms with Crippen LogP contribution in [0.4, 0.5) is 0 Å². The quantitative estimate of drug-likeness (QED) is 0.699. The zero-order valence-electron chi connectivity index (χ0n) is 14.5. The lowest BCUT2D eigenvalue weighted by Crippen LogP contribution is -2.24. The summed E-state index contributed by atoms with van der Waals surface area (Å²) < 4.78 is 40.4. The second-order valence-corrected chi connectivity index (χ2v) is 7.65. The van der Waals surface area contributed by atoms with Crippen LogP contribution in [-0.2, 0) is 23.6 Å². The Morgan fingerprint density at radius 2 is 1.93 bits per heavy atom. The van der Waals surface area contributed by atoms with Crippen LogP contribution in [0.3, 0.4) is 0 Å². The van der Waals surface area contributed by atoms with Crippen LogP contribution in [0, 0.1) is 0 Å². The largest absolute Gasteiger partial charge is 0.486 e. The van der Waals surface area contributed by atoms with E-state index < -0.39 is 10.0 Å². The number of nitrogens with zero attached hydrogens (tertiary/aromatic N) is 4. The van der Waals surface area contributed by atoms with Crippen molar-refractivity contribution >= 4 is 10.0 Å². The number of rotatable bonds is 5. The lowest BCUT2D eigenvalue weighted by molar-refractivity contribution is 0.171. The van der Waals surface area contributed by atoms with Crippen molar-refractivity contribution in [3.8, 4) is 22.8 Å². The van der Waals surface area contributed by atoms with Crippen LogP contribution in [-0.4, -0.2) is 41.4 Å². The second-order valence-electron chi connectivity index (χ2n) is 5.88. The highest BCUT2D eigenvalue weighted by Crippen LogP contribution is 2.32. The third-order valence-electron chi connectivity index (χ3n) is 4.01. The zero-order chi connectivity index (χ0) is 18.9. The fourth-order valence-electron chi connectivity index (χ4n) is 2.72. The van der Waals surface area contributed by atoms with Crippen molar-refractivity contribution in [2.45, 2.75) is 11.4 Å². The molecule has 27 heavy (non-hydrogen) atoms. The number of sulfonamides is 1. The summed E-state index contributed by atoms with van der Waals surface area (Å²) in [7, 11) is -1.96. The summed E-state index contributed by atoms with van der Waals surface area (Å²) in [5.41, 5.74) is 1.85. The fourth-order valence-corrected chi connectivity index (χ4v) is 3.72. The van der Waals surface area contributed by atoms with Gasteiger partial charge in [-0.1, -0.05) is 0 Å². The molecule has 10 heteroatoms. The van der Waals surface area contributed by atoms with Crippen LogP contribution in [0.1, 0.15) is 5.69 Å². The van der Waals surface area contributed by atoms with Crippen molar-refractivity contribution < 1.29 is 17.9 Å². The van der Waals surface area contributed by atoms with Gasteiger partial charge in [0, 0.05) is 37.3 Å². The molecule has 2 aromatic heterocycles. The zero-order valence-corrected chi connectivity index (χ0v) is 15.3. The van der Waals surface area contributed by atoms with E-state index in [1.54, 1.807) is 36.4 Å². The topological polar surface area (TPSA) is 108 Å². The second kappa shape index (κ2) is 6.97. The van der Waals surface area contributed by atoms with Gasteiger partial charge in [0.2, 0.25) is 10.0 Å². The number of nitrogens with one attached hydrogen (secondary N) is 1. The van der Waals surface area contributed by atoms with Gasteiger partial charge in [-0.15, -0.1) is 0 Å². The molecule has 0 amide bonds. The summed E-state index contributed by atoms with van der Waals surface area (Å²) in [6, 6.07) is 4.52. The molecule has 3 heterocycles. The molecule has 4 rings (SSSR count). The summed E-state index contributed by atoms with van der Waals surface area (Å²) >= 11 is 0. The molecule has 0 atom stereocenters. The molecule has 1 N–H and O–H groups in total. The third-order valence-corrected chi connectivity index (χ3v) is 5.40. The molecule has 0 spiro atoms. The minimum Gasteiger partial charge on any atom is -0.486 e. The lowest BCUT2D eigenvalue weighted by atomic mass is 10.2. The highest BCUT2D eigenvalue weighted by molar-refractivity contribution is 7.89. The van der Waals surface area contributed by atoms with Gasteiger partial charge >= 0.3 is 0 Å². The van der Waals surface area contributed by atoms with E-state index in [1.165, 1.54) is 18.3 Å². The number of fused-ring (bicyclic) bond motifs is 1. The highest BCUT2D eigenvalue weighted by Gasteiger charge is 2.20. The highest BCUT2D eigenvalue weighted by atomic mass is 32.2. The van der Waals surface area contributed by atoms with Crippen LogP contribution in [0.25, 0.3) is 11.3 Å². The van der Waals surface area contributed by atoms with Crippen molar-refractivity contribution in [1.82, 2.24) is 24.5 Å². The first-order valence-corrected chi connectivity index (χ1v) is 9.69. The molecule has 1 aliphatic rings. The van der Waals surface area contributed by atoms with E-state index in [9.17, 15) is 8.42 Å². The molecular weight excluding hydrogens is 370 g/mol. The number of ether oxygens (including phenoxy) is 2. The Bertz CT molecular complexity index is 1080. The molecule has 0 unspecified atom stereocenters. The Balaban J connectivity index is 1.57. The Hall–Kier alpha value is -2.98. The molecule has 1 aromatic carbocycles. The first-order valence-electron chi connectivity index (χ1n) is 8.21. The molecule has 0 saturated carbocycles. The van der Waals surface area contributed by atoms with E-state index in [0.29, 0.717) is 36.1 Å². The first kappa shape index (κ1) is 17.4. The number of benzene rings is 1. The van der Waals surface area contributed by atoms with Crippen LogP contribution < -0.4 is 14.2 Å². The summed E-state index contributed by atoms with van der Waals surface area (Å²) in [6.45, 7) is 0.827. The Kier molecular flexibility index (Phi) is 4.50. The van der Waals surface area contributed by atoms with Gasteiger partial charge in [-0.25, -0.2) is 13.1 Å². The van der Waals surface area contributed by atoms with Gasteiger partial charge in [0.25, 0.3) is 0 Å². The lowest BCUT2D eigenvalue weighted by Gasteiger charge is -2.19. The minimum absolute atomic E-state index is 0.00512. The van der Waals surface area contributed by atoms with E-state index in [1.807, 2.05) is 0 Å². The summed E-state index contributed by atoms with van der Waals surface area (Å²) in [5.74, 6) is 0.952. The van der Waals surface area contributed by atoms with E-state index in [0.717, 1.165) is 5.56 Å². The molecule has 0 saturated heterocycles. The first-order chi connectivity index (χ1) is 13.0. The van der Waals surface area contributed by atoms with Crippen LogP contribution >= 0.6 is 0 Å². The SMILES string of the molecule is Cn1cc(-c2nccnc2CNS(=O)(=O)c2ccc3c(c2)OCCO3)cn1. The van der Waals surface area contributed by atoms with E-state index in [4.69, 9.17) is 9.47 Å². The van der Waals surface area contributed by atoms with E-state index in [-0.39, 0.29) is 11.4 Å². The maximum atomic E-state index is 12.7. The molecule has 0 fully saturated rings. The van der Waals surface area contributed by atoms with Crippen LogP contribution in [0.15, 0.2) is 47.9 Å². The van der Waals surface area contributed by atoms with E-state index in [2.05, 4.69) is 19.8 Å². The standard InChI is InChI=1S/C17H17N5O4S/c1-22-11-12(9-20-22)17-14(18-4-5-19-17)10-21-27(23,24)13-2-3-15-16(8-13)26-7-6-25-15/h2-5,8-9,11,21H,6-7,10H2,1H3. The molecule has 3 aromatic rings. The van der Waals surface area contributed by atoms with Gasteiger partial charge in [0.1, 0.15) is 13.2 Å². The smallest absolute Gasteiger partial charge is 0.241 e. The minimum atomic E-state index is -3.76. The van der Waals surface area contributed by atoms with Gasteiger partial charge in [-0.3, -0.25) is 14.6 Å².